The maximum atomic E-state index is 11.1. The quantitative estimate of drug-likeness (QED) is 0.700. The van der Waals surface area contributed by atoms with Crippen molar-refractivity contribution in [2.75, 3.05) is 24.3 Å². The molecule has 20 heavy (non-hydrogen) atoms. The first-order valence-electron chi connectivity index (χ1n) is 6.67. The summed E-state index contributed by atoms with van der Waals surface area (Å²) in [4.78, 5) is 1.08. The summed E-state index contributed by atoms with van der Waals surface area (Å²) in [5, 5.41) is 3.45. The van der Waals surface area contributed by atoms with Gasteiger partial charge in [-0.05, 0) is 53.5 Å². The van der Waals surface area contributed by atoms with Gasteiger partial charge in [-0.2, -0.15) is 0 Å². The first kappa shape index (κ1) is 18.0. The van der Waals surface area contributed by atoms with Gasteiger partial charge in [0.1, 0.15) is 9.84 Å². The Morgan fingerprint density at radius 2 is 2.10 bits per heavy atom. The second-order valence-electron chi connectivity index (χ2n) is 4.84. The highest BCUT2D eigenvalue weighted by Crippen LogP contribution is 2.30. The van der Waals surface area contributed by atoms with E-state index in [1.165, 1.54) is 11.8 Å². The first-order chi connectivity index (χ1) is 9.33. The van der Waals surface area contributed by atoms with Crippen LogP contribution < -0.4 is 5.32 Å². The van der Waals surface area contributed by atoms with Gasteiger partial charge in [0.15, 0.2) is 0 Å². The van der Waals surface area contributed by atoms with E-state index < -0.39 is 9.84 Å². The van der Waals surface area contributed by atoms with Gasteiger partial charge in [-0.15, -0.1) is 11.8 Å². The minimum atomic E-state index is -2.89. The Kier molecular flexibility index (Phi) is 7.58. The second kappa shape index (κ2) is 8.41. The van der Waals surface area contributed by atoms with E-state index in [1.54, 1.807) is 11.8 Å². The molecule has 0 fully saturated rings. The lowest BCUT2D eigenvalue weighted by Gasteiger charge is -2.15. The van der Waals surface area contributed by atoms with Gasteiger partial charge < -0.3 is 5.32 Å². The minimum Gasteiger partial charge on any atom is -0.310 e. The predicted octanol–water partition coefficient (Wildman–Crippen LogP) is 3.65. The number of sulfone groups is 1. The van der Waals surface area contributed by atoms with Crippen molar-refractivity contribution in [1.29, 1.82) is 0 Å². The van der Waals surface area contributed by atoms with E-state index in [1.807, 2.05) is 0 Å². The molecule has 0 aliphatic heterocycles. The molecule has 0 bridgehead atoms. The van der Waals surface area contributed by atoms with E-state index in [4.69, 9.17) is 0 Å². The molecule has 0 aliphatic carbocycles. The van der Waals surface area contributed by atoms with Crippen molar-refractivity contribution in [3.05, 3.63) is 28.2 Å². The maximum absolute atomic E-state index is 11.1. The SMILES string of the molecule is CCCNC(C)c1ccc(SCCS(C)(=O)=O)c(Br)c1. The molecule has 0 amide bonds. The van der Waals surface area contributed by atoms with E-state index in [0.717, 1.165) is 22.3 Å². The van der Waals surface area contributed by atoms with Gasteiger partial charge in [0, 0.05) is 27.4 Å². The smallest absolute Gasteiger partial charge is 0.148 e. The molecule has 0 heterocycles. The molecule has 6 heteroatoms. The van der Waals surface area contributed by atoms with Crippen LogP contribution in [0.5, 0.6) is 0 Å². The average Bonchev–Trinajstić information content (AvgIpc) is 2.36. The molecule has 0 aromatic heterocycles. The lowest BCUT2D eigenvalue weighted by atomic mass is 10.1. The highest BCUT2D eigenvalue weighted by Gasteiger charge is 2.09. The third kappa shape index (κ3) is 6.61. The number of halogens is 1. The van der Waals surface area contributed by atoms with Crippen molar-refractivity contribution >= 4 is 37.5 Å². The number of hydrogen-bond donors (Lipinski definition) is 1. The largest absolute Gasteiger partial charge is 0.310 e. The van der Waals surface area contributed by atoms with Gasteiger partial charge in [0.05, 0.1) is 5.75 Å². The summed E-state index contributed by atoms with van der Waals surface area (Å²) >= 11 is 5.13. The third-order valence-corrected chi connectivity index (χ3v) is 6.07. The molecule has 3 nitrogen and oxygen atoms in total. The molecule has 1 unspecified atom stereocenters. The molecule has 114 valence electrons. The molecule has 0 saturated heterocycles. The van der Waals surface area contributed by atoms with Gasteiger partial charge in [-0.1, -0.05) is 13.0 Å². The average molecular weight is 380 g/mol. The number of rotatable bonds is 8. The van der Waals surface area contributed by atoms with E-state index in [9.17, 15) is 8.42 Å². The molecule has 0 saturated carbocycles. The Bertz CT molecular complexity index is 532. The standard InChI is InChI=1S/C14H22BrNO2S2/c1-4-7-16-11(2)12-5-6-14(13(15)10-12)19-8-9-20(3,17)18/h5-6,10-11,16H,4,7-9H2,1-3H3. The van der Waals surface area contributed by atoms with Crippen LogP contribution in [0.1, 0.15) is 31.9 Å². The highest BCUT2D eigenvalue weighted by atomic mass is 79.9. The first-order valence-corrected chi connectivity index (χ1v) is 10.5. The van der Waals surface area contributed by atoms with Crippen LogP contribution in [0.4, 0.5) is 0 Å². The van der Waals surface area contributed by atoms with Crippen LogP contribution in [-0.2, 0) is 9.84 Å². The second-order valence-corrected chi connectivity index (χ2v) is 9.09. The molecule has 0 spiro atoms. The van der Waals surface area contributed by atoms with Crippen molar-refractivity contribution in [3.8, 4) is 0 Å². The van der Waals surface area contributed by atoms with Crippen LogP contribution in [0.3, 0.4) is 0 Å². The van der Waals surface area contributed by atoms with Gasteiger partial charge in [0.25, 0.3) is 0 Å². The van der Waals surface area contributed by atoms with E-state index in [-0.39, 0.29) is 5.75 Å². The molecule has 0 aliphatic rings. The summed E-state index contributed by atoms with van der Waals surface area (Å²) in [5.74, 6) is 0.792. The predicted molar refractivity (Wildman–Crippen MR) is 91.3 cm³/mol. The number of thioether (sulfide) groups is 1. The van der Waals surface area contributed by atoms with Crippen LogP contribution in [0, 0.1) is 0 Å². The van der Waals surface area contributed by atoms with Crippen LogP contribution in [0.2, 0.25) is 0 Å². The lowest BCUT2D eigenvalue weighted by Crippen LogP contribution is -2.19. The summed E-state index contributed by atoms with van der Waals surface area (Å²) in [7, 11) is -2.89. The highest BCUT2D eigenvalue weighted by molar-refractivity contribution is 9.10. The molecular formula is C14H22BrNO2S2. The van der Waals surface area contributed by atoms with Crippen LogP contribution in [-0.4, -0.2) is 32.7 Å². The van der Waals surface area contributed by atoms with Crippen molar-refractivity contribution in [3.63, 3.8) is 0 Å². The summed E-state index contributed by atoms with van der Waals surface area (Å²) in [5.41, 5.74) is 1.23. The van der Waals surface area contributed by atoms with Crippen molar-refractivity contribution in [1.82, 2.24) is 5.32 Å². The lowest BCUT2D eigenvalue weighted by molar-refractivity contribution is 0.570. The molecule has 1 aromatic carbocycles. The van der Waals surface area contributed by atoms with E-state index in [0.29, 0.717) is 11.8 Å². The fourth-order valence-corrected chi connectivity index (χ4v) is 4.55. The third-order valence-electron chi connectivity index (χ3n) is 2.87. The monoisotopic (exact) mass is 379 g/mol. The molecule has 1 N–H and O–H groups in total. The summed E-state index contributed by atoms with van der Waals surface area (Å²) in [6.07, 6.45) is 2.39. The summed E-state index contributed by atoms with van der Waals surface area (Å²) in [6, 6.07) is 6.58. The Hall–Kier alpha value is -0.0400. The molecule has 1 rings (SSSR count). The fraction of sp³-hybridized carbons (Fsp3) is 0.571. The Morgan fingerprint density at radius 1 is 1.40 bits per heavy atom. The van der Waals surface area contributed by atoms with Crippen LogP contribution in [0.25, 0.3) is 0 Å². The Labute approximate surface area is 135 Å². The van der Waals surface area contributed by atoms with Gasteiger partial charge in [0.2, 0.25) is 0 Å². The molecule has 1 aromatic rings. The number of hydrogen-bond acceptors (Lipinski definition) is 4. The Morgan fingerprint density at radius 3 is 2.65 bits per heavy atom. The molecular weight excluding hydrogens is 358 g/mol. The van der Waals surface area contributed by atoms with Gasteiger partial charge >= 0.3 is 0 Å². The minimum absolute atomic E-state index is 0.209. The summed E-state index contributed by atoms with van der Waals surface area (Å²) in [6.45, 7) is 5.30. The van der Waals surface area contributed by atoms with Crippen molar-refractivity contribution in [2.24, 2.45) is 0 Å². The normalized spacial score (nSPS) is 13.4. The topological polar surface area (TPSA) is 46.2 Å². The Balaban J connectivity index is 2.63. The molecule has 0 radical (unpaired) electrons. The number of nitrogens with one attached hydrogen (secondary N) is 1. The summed E-state index contributed by atoms with van der Waals surface area (Å²) < 4.78 is 23.3. The van der Waals surface area contributed by atoms with Gasteiger partial charge in [-0.3, -0.25) is 0 Å². The fourth-order valence-electron chi connectivity index (χ4n) is 1.69. The maximum Gasteiger partial charge on any atom is 0.148 e. The van der Waals surface area contributed by atoms with E-state index in [2.05, 4.69) is 53.3 Å². The van der Waals surface area contributed by atoms with Crippen molar-refractivity contribution in [2.45, 2.75) is 31.2 Å². The van der Waals surface area contributed by atoms with Crippen LogP contribution >= 0.6 is 27.7 Å². The zero-order valence-electron chi connectivity index (χ0n) is 12.1. The zero-order chi connectivity index (χ0) is 15.2. The van der Waals surface area contributed by atoms with Crippen molar-refractivity contribution < 1.29 is 8.42 Å². The van der Waals surface area contributed by atoms with Crippen LogP contribution in [0.15, 0.2) is 27.6 Å². The molecule has 1 atom stereocenters. The van der Waals surface area contributed by atoms with E-state index >= 15 is 0 Å². The zero-order valence-corrected chi connectivity index (χ0v) is 15.4. The van der Waals surface area contributed by atoms with Gasteiger partial charge in [-0.25, -0.2) is 8.42 Å². The number of benzene rings is 1.